The van der Waals surface area contributed by atoms with Gasteiger partial charge in [-0.25, -0.2) is 0 Å². The molecule has 0 radical (unpaired) electrons. The summed E-state index contributed by atoms with van der Waals surface area (Å²) in [6.45, 7) is 2.34. The van der Waals surface area contributed by atoms with Crippen molar-refractivity contribution < 1.29 is 0 Å². The molecule has 1 aromatic rings. The third kappa shape index (κ3) is 2.34. The van der Waals surface area contributed by atoms with Crippen LogP contribution in [0, 0.1) is 5.92 Å². The fourth-order valence-corrected chi connectivity index (χ4v) is 2.81. The molecule has 1 unspecified atom stereocenters. The van der Waals surface area contributed by atoms with Crippen LogP contribution in [-0.2, 0) is 0 Å². The average Bonchev–Trinajstić information content (AvgIpc) is 2.30. The summed E-state index contributed by atoms with van der Waals surface area (Å²) in [7, 11) is 0. The molecule has 1 atom stereocenters. The van der Waals surface area contributed by atoms with Crippen LogP contribution in [0.4, 0.5) is 5.69 Å². The van der Waals surface area contributed by atoms with E-state index in [1.165, 1.54) is 37.7 Å². The van der Waals surface area contributed by atoms with Crippen molar-refractivity contribution in [1.29, 1.82) is 0 Å². The third-order valence-electron chi connectivity index (χ3n) is 3.84. The zero-order chi connectivity index (χ0) is 10.7. The van der Waals surface area contributed by atoms with E-state index in [1.807, 2.05) is 12.1 Å². The quantitative estimate of drug-likeness (QED) is 0.723. The molecule has 1 saturated carbocycles. The first-order valence-electron chi connectivity index (χ1n) is 6.13. The second-order valence-electron chi connectivity index (χ2n) is 4.82. The first kappa shape index (κ1) is 10.5. The van der Waals surface area contributed by atoms with Gasteiger partial charge in [-0.3, -0.25) is 0 Å². The fraction of sp³-hybridized carbons (Fsp3) is 0.571. The molecule has 2 N–H and O–H groups in total. The maximum absolute atomic E-state index is 6.03. The monoisotopic (exact) mass is 203 g/mol. The van der Waals surface area contributed by atoms with Gasteiger partial charge in [0.15, 0.2) is 0 Å². The second-order valence-corrected chi connectivity index (χ2v) is 4.82. The number of nitrogen functional groups attached to an aromatic ring is 1. The molecule has 82 valence electrons. The zero-order valence-electron chi connectivity index (χ0n) is 9.58. The minimum Gasteiger partial charge on any atom is -0.398 e. The van der Waals surface area contributed by atoms with Gasteiger partial charge in [0.1, 0.15) is 0 Å². The summed E-state index contributed by atoms with van der Waals surface area (Å²) in [5.41, 5.74) is 8.35. The molecule has 2 rings (SSSR count). The molecular formula is C14H21N. The predicted octanol–water partition coefficient (Wildman–Crippen LogP) is 3.95. The van der Waals surface area contributed by atoms with Gasteiger partial charge in [-0.05, 0) is 36.3 Å². The standard InChI is InChI=1S/C14H21N/c1-11(12-7-3-2-4-8-12)13-9-5-6-10-14(13)15/h5-6,9-12H,2-4,7-8,15H2,1H3. The topological polar surface area (TPSA) is 26.0 Å². The lowest BCUT2D eigenvalue weighted by Gasteiger charge is -2.28. The molecule has 1 heteroatoms. The molecule has 0 saturated heterocycles. The average molecular weight is 203 g/mol. The molecule has 0 aromatic heterocycles. The van der Waals surface area contributed by atoms with E-state index in [2.05, 4.69) is 19.1 Å². The first-order valence-corrected chi connectivity index (χ1v) is 6.13. The Balaban J connectivity index is 2.12. The Morgan fingerprint density at radius 3 is 2.47 bits per heavy atom. The van der Waals surface area contributed by atoms with E-state index in [4.69, 9.17) is 5.73 Å². The summed E-state index contributed by atoms with van der Waals surface area (Å²) in [6.07, 6.45) is 7.00. The van der Waals surface area contributed by atoms with Gasteiger partial charge in [0.25, 0.3) is 0 Å². The molecule has 0 aliphatic heterocycles. The molecule has 0 amide bonds. The van der Waals surface area contributed by atoms with Crippen LogP contribution in [0.25, 0.3) is 0 Å². The number of hydrogen-bond donors (Lipinski definition) is 1. The van der Waals surface area contributed by atoms with Crippen molar-refractivity contribution in [3.05, 3.63) is 29.8 Å². The van der Waals surface area contributed by atoms with Gasteiger partial charge in [0.05, 0.1) is 0 Å². The summed E-state index contributed by atoms with van der Waals surface area (Å²) < 4.78 is 0. The van der Waals surface area contributed by atoms with Crippen LogP contribution in [0.2, 0.25) is 0 Å². The number of para-hydroxylation sites is 1. The minimum absolute atomic E-state index is 0.631. The van der Waals surface area contributed by atoms with E-state index in [-0.39, 0.29) is 0 Å². The van der Waals surface area contributed by atoms with E-state index >= 15 is 0 Å². The van der Waals surface area contributed by atoms with E-state index < -0.39 is 0 Å². The Morgan fingerprint density at radius 1 is 1.13 bits per heavy atom. The van der Waals surface area contributed by atoms with Crippen LogP contribution in [0.3, 0.4) is 0 Å². The van der Waals surface area contributed by atoms with Gasteiger partial charge in [0.2, 0.25) is 0 Å². The van der Waals surface area contributed by atoms with Crippen molar-refractivity contribution in [1.82, 2.24) is 0 Å². The van der Waals surface area contributed by atoms with Crippen molar-refractivity contribution in [2.75, 3.05) is 5.73 Å². The largest absolute Gasteiger partial charge is 0.398 e. The highest BCUT2D eigenvalue weighted by atomic mass is 14.6. The lowest BCUT2D eigenvalue weighted by atomic mass is 9.77. The van der Waals surface area contributed by atoms with Crippen LogP contribution in [0.5, 0.6) is 0 Å². The number of rotatable bonds is 2. The van der Waals surface area contributed by atoms with Crippen LogP contribution in [-0.4, -0.2) is 0 Å². The van der Waals surface area contributed by atoms with Crippen LogP contribution >= 0.6 is 0 Å². The van der Waals surface area contributed by atoms with E-state index in [0.29, 0.717) is 5.92 Å². The lowest BCUT2D eigenvalue weighted by Crippen LogP contribution is -2.14. The van der Waals surface area contributed by atoms with Crippen LogP contribution in [0.15, 0.2) is 24.3 Å². The molecule has 1 aliphatic rings. The Hall–Kier alpha value is -0.980. The van der Waals surface area contributed by atoms with Crippen molar-refractivity contribution in [3.8, 4) is 0 Å². The van der Waals surface area contributed by atoms with Crippen molar-refractivity contribution >= 4 is 5.69 Å². The zero-order valence-corrected chi connectivity index (χ0v) is 9.58. The van der Waals surface area contributed by atoms with E-state index in [0.717, 1.165) is 11.6 Å². The van der Waals surface area contributed by atoms with Crippen molar-refractivity contribution in [2.24, 2.45) is 5.92 Å². The second kappa shape index (κ2) is 4.69. The normalized spacial score (nSPS) is 20.1. The highest BCUT2D eigenvalue weighted by Gasteiger charge is 2.22. The smallest absolute Gasteiger partial charge is 0.0349 e. The van der Waals surface area contributed by atoms with Crippen molar-refractivity contribution in [2.45, 2.75) is 44.9 Å². The molecular weight excluding hydrogens is 182 g/mol. The summed E-state index contributed by atoms with van der Waals surface area (Å²) in [5.74, 6) is 1.48. The van der Waals surface area contributed by atoms with Gasteiger partial charge < -0.3 is 5.73 Å². The summed E-state index contributed by atoms with van der Waals surface area (Å²) >= 11 is 0. The Morgan fingerprint density at radius 2 is 1.80 bits per heavy atom. The molecule has 15 heavy (non-hydrogen) atoms. The summed E-state index contributed by atoms with van der Waals surface area (Å²) in [4.78, 5) is 0. The van der Waals surface area contributed by atoms with Crippen molar-refractivity contribution in [3.63, 3.8) is 0 Å². The molecule has 1 nitrogen and oxygen atoms in total. The predicted molar refractivity (Wildman–Crippen MR) is 65.8 cm³/mol. The third-order valence-corrected chi connectivity index (χ3v) is 3.84. The van der Waals surface area contributed by atoms with Gasteiger partial charge in [-0.15, -0.1) is 0 Å². The van der Waals surface area contributed by atoms with Gasteiger partial charge >= 0.3 is 0 Å². The molecule has 0 heterocycles. The number of benzene rings is 1. The SMILES string of the molecule is CC(c1ccccc1N)C1CCCCC1. The Labute approximate surface area is 92.7 Å². The summed E-state index contributed by atoms with van der Waals surface area (Å²) in [6, 6.07) is 8.33. The maximum Gasteiger partial charge on any atom is 0.0349 e. The number of nitrogens with two attached hydrogens (primary N) is 1. The van der Waals surface area contributed by atoms with Gasteiger partial charge in [-0.2, -0.15) is 0 Å². The molecule has 0 bridgehead atoms. The first-order chi connectivity index (χ1) is 7.29. The Bertz CT molecular complexity index is 313. The van der Waals surface area contributed by atoms with Crippen LogP contribution < -0.4 is 5.73 Å². The molecule has 1 aliphatic carbocycles. The highest BCUT2D eigenvalue weighted by molar-refractivity contribution is 5.48. The lowest BCUT2D eigenvalue weighted by molar-refractivity contribution is 0.316. The van der Waals surface area contributed by atoms with Gasteiger partial charge in [0, 0.05) is 5.69 Å². The molecule has 1 aromatic carbocycles. The highest BCUT2D eigenvalue weighted by Crippen LogP contribution is 2.37. The number of hydrogen-bond acceptors (Lipinski definition) is 1. The van der Waals surface area contributed by atoms with E-state index in [9.17, 15) is 0 Å². The van der Waals surface area contributed by atoms with Crippen LogP contribution in [0.1, 0.15) is 50.5 Å². The Kier molecular flexibility index (Phi) is 3.30. The summed E-state index contributed by atoms with van der Waals surface area (Å²) in [5, 5.41) is 0. The molecule has 0 spiro atoms. The maximum atomic E-state index is 6.03. The fourth-order valence-electron chi connectivity index (χ4n) is 2.81. The van der Waals surface area contributed by atoms with E-state index in [1.54, 1.807) is 0 Å². The molecule has 1 fully saturated rings. The minimum atomic E-state index is 0.631. The number of anilines is 1. The van der Waals surface area contributed by atoms with Gasteiger partial charge in [-0.1, -0.05) is 44.4 Å².